The molecule has 0 spiro atoms. The van der Waals surface area contributed by atoms with E-state index in [2.05, 4.69) is 10.3 Å². The van der Waals surface area contributed by atoms with Crippen molar-refractivity contribution in [1.29, 1.82) is 0 Å². The van der Waals surface area contributed by atoms with Gasteiger partial charge >= 0.3 is 0 Å². The average molecular weight is 224 g/mol. The predicted octanol–water partition coefficient (Wildman–Crippen LogP) is 2.19. The van der Waals surface area contributed by atoms with Crippen LogP contribution in [0.2, 0.25) is 0 Å². The van der Waals surface area contributed by atoms with Gasteiger partial charge in [-0.15, -0.1) is 0 Å². The van der Waals surface area contributed by atoms with Gasteiger partial charge in [-0.3, -0.25) is 0 Å². The Kier molecular flexibility index (Phi) is 3.39. The van der Waals surface area contributed by atoms with E-state index >= 15 is 0 Å². The largest absolute Gasteiger partial charge is 0.396 e. The second kappa shape index (κ2) is 4.78. The number of nitrogens with one attached hydrogen (secondary N) is 1. The summed E-state index contributed by atoms with van der Waals surface area (Å²) in [7, 11) is 0. The first-order chi connectivity index (χ1) is 7.74. The molecule has 1 aliphatic carbocycles. The van der Waals surface area contributed by atoms with E-state index in [-0.39, 0.29) is 12.0 Å². The van der Waals surface area contributed by atoms with E-state index in [9.17, 15) is 4.39 Å². The Morgan fingerprint density at radius 1 is 1.44 bits per heavy atom. The Morgan fingerprint density at radius 3 is 2.81 bits per heavy atom. The first kappa shape index (κ1) is 11.3. The van der Waals surface area contributed by atoms with Crippen LogP contribution in [0.15, 0.2) is 18.2 Å². The van der Waals surface area contributed by atoms with Crippen molar-refractivity contribution in [3.8, 4) is 0 Å². The van der Waals surface area contributed by atoms with Crippen LogP contribution in [-0.2, 0) is 0 Å². The second-order valence-electron chi connectivity index (χ2n) is 4.53. The van der Waals surface area contributed by atoms with Crippen molar-refractivity contribution in [3.05, 3.63) is 24.1 Å². The Bertz CT molecular complexity index is 353. The molecule has 0 atom stereocenters. The molecule has 1 fully saturated rings. The van der Waals surface area contributed by atoms with Gasteiger partial charge in [0, 0.05) is 13.2 Å². The Labute approximate surface area is 94.7 Å². The minimum atomic E-state index is -0.463. The lowest BCUT2D eigenvalue weighted by Crippen LogP contribution is -2.37. The highest BCUT2D eigenvalue weighted by atomic mass is 19.1. The molecule has 0 saturated heterocycles. The fraction of sp³-hybridized carbons (Fsp3) is 0.583. The van der Waals surface area contributed by atoms with Crippen LogP contribution in [-0.4, -0.2) is 23.2 Å². The standard InChI is InChI=1S/C12H17FN2O/c13-10-3-1-4-11(15-10)14-9-12(7-8-16)5-2-6-12/h1,3-4,16H,2,5-9H2,(H,14,15). The maximum absolute atomic E-state index is 12.8. The molecule has 88 valence electrons. The minimum absolute atomic E-state index is 0.197. The smallest absolute Gasteiger partial charge is 0.214 e. The van der Waals surface area contributed by atoms with Crippen LogP contribution < -0.4 is 5.32 Å². The molecule has 2 rings (SSSR count). The monoisotopic (exact) mass is 224 g/mol. The molecule has 1 saturated carbocycles. The Hall–Kier alpha value is -1.16. The Balaban J connectivity index is 1.91. The molecule has 0 aromatic carbocycles. The van der Waals surface area contributed by atoms with Gasteiger partial charge in [-0.05, 0) is 36.8 Å². The molecule has 0 radical (unpaired) electrons. The lowest BCUT2D eigenvalue weighted by molar-refractivity contribution is 0.101. The SMILES string of the molecule is OCCC1(CNc2cccc(F)n2)CCC1. The normalized spacial score (nSPS) is 17.9. The molecule has 1 heterocycles. The third kappa shape index (κ3) is 2.50. The molecule has 16 heavy (non-hydrogen) atoms. The number of pyridine rings is 1. The van der Waals surface area contributed by atoms with Gasteiger partial charge in [0.25, 0.3) is 0 Å². The molecule has 4 heteroatoms. The van der Waals surface area contributed by atoms with Crippen LogP contribution in [0.3, 0.4) is 0 Å². The molecule has 0 bridgehead atoms. The van der Waals surface area contributed by atoms with E-state index in [0.717, 1.165) is 25.8 Å². The Morgan fingerprint density at radius 2 is 2.25 bits per heavy atom. The van der Waals surface area contributed by atoms with Gasteiger partial charge in [0.05, 0.1) is 0 Å². The van der Waals surface area contributed by atoms with Crippen molar-refractivity contribution >= 4 is 5.82 Å². The topological polar surface area (TPSA) is 45.1 Å². The van der Waals surface area contributed by atoms with Crippen molar-refractivity contribution in [2.24, 2.45) is 5.41 Å². The number of aliphatic hydroxyl groups is 1. The van der Waals surface area contributed by atoms with E-state index in [4.69, 9.17) is 5.11 Å². The molecule has 1 aliphatic rings. The molecule has 3 nitrogen and oxygen atoms in total. The van der Waals surface area contributed by atoms with Gasteiger partial charge in [-0.2, -0.15) is 4.39 Å². The highest BCUT2D eigenvalue weighted by Gasteiger charge is 2.35. The predicted molar refractivity (Wildman–Crippen MR) is 60.7 cm³/mol. The quantitative estimate of drug-likeness (QED) is 0.753. The van der Waals surface area contributed by atoms with E-state index in [1.165, 1.54) is 12.5 Å². The summed E-state index contributed by atoms with van der Waals surface area (Å²) in [6, 6.07) is 4.73. The van der Waals surface area contributed by atoms with Crippen molar-refractivity contribution < 1.29 is 9.50 Å². The number of halogens is 1. The summed E-state index contributed by atoms with van der Waals surface area (Å²) in [5.74, 6) is 0.110. The third-order valence-electron chi connectivity index (χ3n) is 3.42. The summed E-state index contributed by atoms with van der Waals surface area (Å²) < 4.78 is 12.8. The number of rotatable bonds is 5. The van der Waals surface area contributed by atoms with Crippen molar-refractivity contribution in [3.63, 3.8) is 0 Å². The van der Waals surface area contributed by atoms with Gasteiger partial charge in [-0.25, -0.2) is 4.98 Å². The maximum atomic E-state index is 12.8. The van der Waals surface area contributed by atoms with Gasteiger partial charge < -0.3 is 10.4 Å². The zero-order valence-corrected chi connectivity index (χ0v) is 9.25. The minimum Gasteiger partial charge on any atom is -0.396 e. The van der Waals surface area contributed by atoms with E-state index in [1.807, 2.05) is 0 Å². The van der Waals surface area contributed by atoms with Gasteiger partial charge in [0.1, 0.15) is 5.82 Å². The number of hydrogen-bond donors (Lipinski definition) is 2. The number of nitrogens with zero attached hydrogens (tertiary/aromatic N) is 1. The van der Waals surface area contributed by atoms with Crippen molar-refractivity contribution in [2.45, 2.75) is 25.7 Å². The molecule has 2 N–H and O–H groups in total. The van der Waals surface area contributed by atoms with E-state index in [1.54, 1.807) is 12.1 Å². The van der Waals surface area contributed by atoms with Gasteiger partial charge in [-0.1, -0.05) is 12.5 Å². The number of anilines is 1. The van der Waals surface area contributed by atoms with Crippen LogP contribution in [0.25, 0.3) is 0 Å². The second-order valence-corrected chi connectivity index (χ2v) is 4.53. The van der Waals surface area contributed by atoms with Gasteiger partial charge in [0.2, 0.25) is 5.95 Å². The van der Waals surface area contributed by atoms with Crippen LogP contribution in [0.4, 0.5) is 10.2 Å². The van der Waals surface area contributed by atoms with Gasteiger partial charge in [0.15, 0.2) is 0 Å². The average Bonchev–Trinajstić information content (AvgIpc) is 2.22. The number of aliphatic hydroxyl groups excluding tert-OH is 1. The summed E-state index contributed by atoms with van der Waals surface area (Å²) in [6.07, 6.45) is 4.30. The fourth-order valence-corrected chi connectivity index (χ4v) is 2.21. The highest BCUT2D eigenvalue weighted by molar-refractivity contribution is 5.34. The summed E-state index contributed by atoms with van der Waals surface area (Å²) in [5, 5.41) is 12.2. The third-order valence-corrected chi connectivity index (χ3v) is 3.42. The number of hydrogen-bond acceptors (Lipinski definition) is 3. The number of aromatic nitrogens is 1. The molecular formula is C12H17FN2O. The molecule has 1 aromatic heterocycles. The highest BCUT2D eigenvalue weighted by Crippen LogP contribution is 2.43. The summed E-state index contributed by atoms with van der Waals surface area (Å²) in [5.41, 5.74) is 0.197. The fourth-order valence-electron chi connectivity index (χ4n) is 2.21. The molecule has 0 amide bonds. The summed E-state index contributed by atoms with van der Waals surface area (Å²) >= 11 is 0. The van der Waals surface area contributed by atoms with Crippen molar-refractivity contribution in [2.75, 3.05) is 18.5 Å². The van der Waals surface area contributed by atoms with E-state index < -0.39 is 5.95 Å². The summed E-state index contributed by atoms with van der Waals surface area (Å²) in [4.78, 5) is 3.75. The molecule has 0 aliphatic heterocycles. The maximum Gasteiger partial charge on any atom is 0.214 e. The molecule has 0 unspecified atom stereocenters. The first-order valence-electron chi connectivity index (χ1n) is 5.71. The lowest BCUT2D eigenvalue weighted by Gasteiger charge is -2.41. The zero-order valence-electron chi connectivity index (χ0n) is 9.25. The van der Waals surface area contributed by atoms with Crippen LogP contribution >= 0.6 is 0 Å². The van der Waals surface area contributed by atoms with Crippen LogP contribution in [0.1, 0.15) is 25.7 Å². The zero-order chi connectivity index (χ0) is 11.4. The molecular weight excluding hydrogens is 207 g/mol. The first-order valence-corrected chi connectivity index (χ1v) is 5.71. The van der Waals surface area contributed by atoms with Crippen LogP contribution in [0.5, 0.6) is 0 Å². The van der Waals surface area contributed by atoms with E-state index in [0.29, 0.717) is 5.82 Å². The lowest BCUT2D eigenvalue weighted by atomic mass is 9.67. The molecule has 1 aromatic rings. The van der Waals surface area contributed by atoms with Crippen LogP contribution in [0, 0.1) is 11.4 Å². The summed E-state index contributed by atoms with van der Waals surface area (Å²) in [6.45, 7) is 0.988. The van der Waals surface area contributed by atoms with Crippen molar-refractivity contribution in [1.82, 2.24) is 4.98 Å².